The topological polar surface area (TPSA) is 73.2 Å². The quantitative estimate of drug-likeness (QED) is 0.743. The lowest BCUT2D eigenvalue weighted by Gasteiger charge is -2.14. The van der Waals surface area contributed by atoms with Crippen molar-refractivity contribution in [3.63, 3.8) is 0 Å². The molecular weight excluding hydrogens is 206 g/mol. The Morgan fingerprint density at radius 3 is 2.88 bits per heavy atom. The van der Waals surface area contributed by atoms with E-state index in [1.54, 1.807) is 11.9 Å². The molecule has 2 atom stereocenters. The summed E-state index contributed by atoms with van der Waals surface area (Å²) in [6.45, 7) is 2.58. The highest BCUT2D eigenvalue weighted by Gasteiger charge is 2.31. The number of likely N-dealkylation sites (N-methyl/N-ethyl adjacent to an activating group) is 1. The summed E-state index contributed by atoms with van der Waals surface area (Å²) < 4.78 is 0. The number of carbonyl (C=O) groups is 2. The number of nitriles is 1. The molecule has 0 bridgehead atoms. The van der Waals surface area contributed by atoms with Gasteiger partial charge >= 0.3 is 0 Å². The maximum absolute atomic E-state index is 11.7. The van der Waals surface area contributed by atoms with Gasteiger partial charge in [-0.2, -0.15) is 5.26 Å². The molecule has 0 aromatic rings. The Hall–Kier alpha value is -1.57. The Morgan fingerprint density at radius 2 is 2.44 bits per heavy atom. The zero-order chi connectivity index (χ0) is 12.1. The molecule has 1 heterocycles. The van der Waals surface area contributed by atoms with Crippen molar-refractivity contribution in [2.75, 3.05) is 13.6 Å². The lowest BCUT2D eigenvalue weighted by molar-refractivity contribution is -0.132. The van der Waals surface area contributed by atoms with E-state index in [9.17, 15) is 9.59 Å². The number of carbonyl (C=O) groups excluding carboxylic acids is 2. The van der Waals surface area contributed by atoms with Crippen LogP contribution in [0, 0.1) is 17.2 Å². The fraction of sp³-hybridized carbons (Fsp3) is 0.727. The molecule has 0 saturated carbocycles. The van der Waals surface area contributed by atoms with Gasteiger partial charge in [-0.15, -0.1) is 0 Å². The fourth-order valence-corrected chi connectivity index (χ4v) is 1.77. The zero-order valence-electron chi connectivity index (χ0n) is 9.69. The maximum atomic E-state index is 11.7. The van der Waals surface area contributed by atoms with Crippen molar-refractivity contribution in [1.82, 2.24) is 10.2 Å². The molecular formula is C11H17N3O2. The molecule has 88 valence electrons. The Balaban J connectivity index is 2.51. The van der Waals surface area contributed by atoms with Crippen LogP contribution in [-0.2, 0) is 9.59 Å². The Morgan fingerprint density at radius 1 is 1.75 bits per heavy atom. The number of nitrogens with one attached hydrogen (secondary N) is 1. The van der Waals surface area contributed by atoms with Crippen LogP contribution in [0.3, 0.4) is 0 Å². The van der Waals surface area contributed by atoms with Crippen LogP contribution in [-0.4, -0.2) is 36.3 Å². The Kier molecular flexibility index (Phi) is 4.29. The molecule has 2 amide bonds. The smallest absolute Gasteiger partial charge is 0.244 e. The van der Waals surface area contributed by atoms with Crippen molar-refractivity contribution in [3.8, 4) is 6.07 Å². The van der Waals surface area contributed by atoms with Crippen LogP contribution in [0.5, 0.6) is 0 Å². The minimum absolute atomic E-state index is 0.0680. The molecule has 5 heteroatoms. The maximum Gasteiger partial charge on any atom is 0.244 e. The molecule has 0 aromatic heterocycles. The van der Waals surface area contributed by atoms with Crippen LogP contribution in [0.15, 0.2) is 0 Å². The van der Waals surface area contributed by atoms with Crippen molar-refractivity contribution in [1.29, 1.82) is 5.26 Å². The number of amides is 2. The molecule has 1 N–H and O–H groups in total. The molecule has 0 spiro atoms. The third-order valence-corrected chi connectivity index (χ3v) is 2.79. The summed E-state index contributed by atoms with van der Waals surface area (Å²) in [6, 6.07) is 1.53. The van der Waals surface area contributed by atoms with Crippen molar-refractivity contribution < 1.29 is 9.59 Å². The monoisotopic (exact) mass is 223 g/mol. The normalized spacial score (nSPS) is 21.7. The third kappa shape index (κ3) is 2.72. The van der Waals surface area contributed by atoms with Crippen LogP contribution in [0.4, 0.5) is 0 Å². The molecule has 1 saturated heterocycles. The van der Waals surface area contributed by atoms with Gasteiger partial charge in [0.15, 0.2) is 0 Å². The molecule has 0 aromatic carbocycles. The van der Waals surface area contributed by atoms with Crippen molar-refractivity contribution >= 4 is 11.8 Å². The first kappa shape index (κ1) is 12.5. The van der Waals surface area contributed by atoms with Crippen molar-refractivity contribution in [3.05, 3.63) is 0 Å². The second-order valence-electron chi connectivity index (χ2n) is 4.08. The summed E-state index contributed by atoms with van der Waals surface area (Å²) in [6.07, 6.45) is 1.95. The summed E-state index contributed by atoms with van der Waals surface area (Å²) >= 11 is 0. The van der Waals surface area contributed by atoms with E-state index in [4.69, 9.17) is 5.26 Å². The lowest BCUT2D eigenvalue weighted by Crippen LogP contribution is -2.43. The summed E-state index contributed by atoms with van der Waals surface area (Å²) in [7, 11) is 1.71. The van der Waals surface area contributed by atoms with Crippen LogP contribution < -0.4 is 5.32 Å². The highest BCUT2D eigenvalue weighted by molar-refractivity contribution is 5.90. The number of rotatable bonds is 4. The van der Waals surface area contributed by atoms with Crippen LogP contribution in [0.2, 0.25) is 0 Å². The van der Waals surface area contributed by atoms with E-state index in [1.807, 2.05) is 13.0 Å². The van der Waals surface area contributed by atoms with Gasteiger partial charge in [-0.3, -0.25) is 9.59 Å². The van der Waals surface area contributed by atoms with Gasteiger partial charge in [0.25, 0.3) is 0 Å². The lowest BCUT2D eigenvalue weighted by atomic mass is 10.0. The average Bonchev–Trinajstić information content (AvgIpc) is 2.57. The molecule has 1 aliphatic heterocycles. The average molecular weight is 223 g/mol. The third-order valence-electron chi connectivity index (χ3n) is 2.79. The highest BCUT2D eigenvalue weighted by atomic mass is 16.2. The van der Waals surface area contributed by atoms with Gasteiger partial charge in [0, 0.05) is 13.6 Å². The van der Waals surface area contributed by atoms with Gasteiger partial charge < -0.3 is 10.2 Å². The molecule has 1 fully saturated rings. The first-order chi connectivity index (χ1) is 7.60. The number of nitrogens with zero attached hydrogens (tertiary/aromatic N) is 2. The summed E-state index contributed by atoms with van der Waals surface area (Å²) in [4.78, 5) is 24.8. The van der Waals surface area contributed by atoms with Gasteiger partial charge in [0.05, 0.1) is 6.07 Å². The predicted molar refractivity (Wildman–Crippen MR) is 58.2 cm³/mol. The molecule has 5 nitrogen and oxygen atoms in total. The number of hydrogen-bond acceptors (Lipinski definition) is 3. The SMILES string of the molecule is CCCC(C#N)C(=O)NC1CCN(C)C1=O. The van der Waals surface area contributed by atoms with E-state index >= 15 is 0 Å². The van der Waals surface area contributed by atoms with Crippen LogP contribution in [0.1, 0.15) is 26.2 Å². The second kappa shape index (κ2) is 5.50. The molecule has 1 aliphatic rings. The van der Waals surface area contributed by atoms with E-state index < -0.39 is 12.0 Å². The van der Waals surface area contributed by atoms with E-state index in [0.29, 0.717) is 19.4 Å². The first-order valence-corrected chi connectivity index (χ1v) is 5.55. The predicted octanol–water partition coefficient (Wildman–Crippen LogP) is 0.273. The van der Waals surface area contributed by atoms with E-state index in [-0.39, 0.29) is 11.8 Å². The number of likely N-dealkylation sites (tertiary alicyclic amines) is 1. The molecule has 0 radical (unpaired) electrons. The van der Waals surface area contributed by atoms with Crippen molar-refractivity contribution in [2.24, 2.45) is 5.92 Å². The number of hydrogen-bond donors (Lipinski definition) is 1. The van der Waals surface area contributed by atoms with Gasteiger partial charge in [-0.1, -0.05) is 13.3 Å². The minimum Gasteiger partial charge on any atom is -0.344 e. The van der Waals surface area contributed by atoms with Crippen LogP contribution in [0.25, 0.3) is 0 Å². The highest BCUT2D eigenvalue weighted by Crippen LogP contribution is 2.11. The zero-order valence-corrected chi connectivity index (χ0v) is 9.69. The first-order valence-electron chi connectivity index (χ1n) is 5.55. The van der Waals surface area contributed by atoms with Gasteiger partial charge in [0.2, 0.25) is 11.8 Å². The summed E-state index contributed by atoms with van der Waals surface area (Å²) in [5.74, 6) is -1.02. The van der Waals surface area contributed by atoms with Gasteiger partial charge in [0.1, 0.15) is 12.0 Å². The Bertz CT molecular complexity index is 322. The minimum atomic E-state index is -0.635. The molecule has 16 heavy (non-hydrogen) atoms. The van der Waals surface area contributed by atoms with Crippen molar-refractivity contribution in [2.45, 2.75) is 32.2 Å². The summed E-state index contributed by atoms with van der Waals surface area (Å²) in [5, 5.41) is 11.5. The van der Waals surface area contributed by atoms with E-state index in [2.05, 4.69) is 5.32 Å². The molecule has 2 unspecified atom stereocenters. The van der Waals surface area contributed by atoms with Gasteiger partial charge in [-0.05, 0) is 12.8 Å². The van der Waals surface area contributed by atoms with E-state index in [0.717, 1.165) is 6.42 Å². The Labute approximate surface area is 95.4 Å². The standard InChI is InChI=1S/C11H17N3O2/c1-3-4-8(7-12)10(15)13-9-5-6-14(2)11(9)16/h8-9H,3-6H2,1-2H3,(H,13,15). The van der Waals surface area contributed by atoms with E-state index in [1.165, 1.54) is 0 Å². The molecule has 0 aliphatic carbocycles. The second-order valence-corrected chi connectivity index (χ2v) is 4.08. The summed E-state index contributed by atoms with van der Waals surface area (Å²) in [5.41, 5.74) is 0. The fourth-order valence-electron chi connectivity index (χ4n) is 1.77. The molecule has 1 rings (SSSR count). The van der Waals surface area contributed by atoms with Gasteiger partial charge in [-0.25, -0.2) is 0 Å². The largest absolute Gasteiger partial charge is 0.344 e. The van der Waals surface area contributed by atoms with Crippen LogP contribution >= 0.6 is 0 Å².